The molecule has 0 aliphatic carbocycles. The number of carboxylic acid groups (broad SMARTS) is 1. The van der Waals surface area contributed by atoms with Crippen molar-refractivity contribution in [3.8, 4) is 5.75 Å². The van der Waals surface area contributed by atoms with Gasteiger partial charge in [0.05, 0.1) is 5.92 Å². The van der Waals surface area contributed by atoms with Crippen LogP contribution in [-0.4, -0.2) is 53.2 Å². The number of piperidine rings is 1. The summed E-state index contributed by atoms with van der Waals surface area (Å²) < 4.78 is 0. The summed E-state index contributed by atoms with van der Waals surface area (Å²) in [6.45, 7) is 4.16. The molecule has 3 atom stereocenters. The van der Waals surface area contributed by atoms with Crippen molar-refractivity contribution in [3.63, 3.8) is 0 Å². The summed E-state index contributed by atoms with van der Waals surface area (Å²) in [5.41, 5.74) is 2.22. The van der Waals surface area contributed by atoms with E-state index in [1.54, 1.807) is 6.07 Å². The van der Waals surface area contributed by atoms with Crippen LogP contribution in [0.1, 0.15) is 30.4 Å². The first-order valence-electron chi connectivity index (χ1n) is 10.5. The molecule has 6 heteroatoms. The Labute approximate surface area is 177 Å². The number of phenols is 1. The molecule has 1 unspecified atom stereocenters. The van der Waals surface area contributed by atoms with Gasteiger partial charge in [-0.25, -0.2) is 0 Å². The van der Waals surface area contributed by atoms with E-state index in [1.807, 2.05) is 42.5 Å². The molecule has 0 aromatic heterocycles. The van der Waals surface area contributed by atoms with Crippen molar-refractivity contribution < 1.29 is 19.8 Å². The van der Waals surface area contributed by atoms with Gasteiger partial charge in [-0.3, -0.25) is 9.59 Å². The number of carboxylic acids is 1. The Kier molecular flexibility index (Phi) is 7.46. The van der Waals surface area contributed by atoms with Crippen LogP contribution < -0.4 is 5.32 Å². The van der Waals surface area contributed by atoms with E-state index in [1.165, 1.54) is 0 Å². The Bertz CT molecular complexity index is 855. The van der Waals surface area contributed by atoms with E-state index in [0.717, 1.165) is 30.6 Å². The summed E-state index contributed by atoms with van der Waals surface area (Å²) in [7, 11) is 0. The van der Waals surface area contributed by atoms with E-state index in [2.05, 4.69) is 23.2 Å². The van der Waals surface area contributed by atoms with Crippen LogP contribution in [0.15, 0.2) is 54.6 Å². The van der Waals surface area contributed by atoms with Crippen LogP contribution >= 0.6 is 0 Å². The number of aromatic hydroxyl groups is 1. The Morgan fingerprint density at radius 3 is 2.60 bits per heavy atom. The van der Waals surface area contributed by atoms with E-state index in [0.29, 0.717) is 30.6 Å². The van der Waals surface area contributed by atoms with Gasteiger partial charge in [0.2, 0.25) is 5.91 Å². The van der Waals surface area contributed by atoms with Gasteiger partial charge in [0.25, 0.3) is 0 Å². The first-order valence-corrected chi connectivity index (χ1v) is 10.5. The molecule has 1 amide bonds. The number of carbonyl (C=O) groups excluding carboxylic acids is 1. The van der Waals surface area contributed by atoms with Gasteiger partial charge in [0.1, 0.15) is 12.3 Å². The summed E-state index contributed by atoms with van der Waals surface area (Å²) in [4.78, 5) is 25.9. The third-order valence-corrected chi connectivity index (χ3v) is 5.88. The standard InChI is InChI=1S/C24H30N2O4/c1-17-15-26(11-10-22(17)19-8-5-9-21(27)13-19)16-20(24(30)25-14-23(28)29)12-18-6-3-2-4-7-18/h2-9,13,17,20,22,27H,10-12,14-16H2,1H3,(H,25,30)(H,28,29)/t17-,20-,22?/m0/s1. The molecule has 6 nitrogen and oxygen atoms in total. The van der Waals surface area contributed by atoms with Crippen LogP contribution in [0.2, 0.25) is 0 Å². The molecule has 1 aliphatic heterocycles. The molecular formula is C24H30N2O4. The molecule has 1 aliphatic rings. The number of rotatable bonds is 8. The average molecular weight is 411 g/mol. The van der Waals surface area contributed by atoms with E-state index in [4.69, 9.17) is 5.11 Å². The Balaban J connectivity index is 1.65. The topological polar surface area (TPSA) is 89.9 Å². The fourth-order valence-electron chi connectivity index (χ4n) is 4.41. The van der Waals surface area contributed by atoms with Gasteiger partial charge >= 0.3 is 5.97 Å². The minimum Gasteiger partial charge on any atom is -0.508 e. The zero-order valence-corrected chi connectivity index (χ0v) is 17.3. The summed E-state index contributed by atoms with van der Waals surface area (Å²) in [6.07, 6.45) is 1.53. The number of nitrogens with zero attached hydrogens (tertiary/aromatic N) is 1. The van der Waals surface area contributed by atoms with Crippen molar-refractivity contribution in [2.75, 3.05) is 26.2 Å². The SMILES string of the molecule is C[C@H]1CN(C[C@H](Cc2ccccc2)C(=O)NCC(=O)O)CCC1c1cccc(O)c1. The molecule has 1 saturated heterocycles. The van der Waals surface area contributed by atoms with Crippen LogP contribution in [0.25, 0.3) is 0 Å². The van der Waals surface area contributed by atoms with Crippen molar-refractivity contribution in [2.45, 2.75) is 25.7 Å². The molecule has 0 radical (unpaired) electrons. The van der Waals surface area contributed by atoms with Crippen LogP contribution in [0, 0.1) is 11.8 Å². The van der Waals surface area contributed by atoms with Gasteiger partial charge in [-0.15, -0.1) is 0 Å². The molecule has 0 saturated carbocycles. The molecule has 0 bridgehead atoms. The van der Waals surface area contributed by atoms with Gasteiger partial charge in [-0.05, 0) is 54.5 Å². The van der Waals surface area contributed by atoms with Gasteiger partial charge in [-0.2, -0.15) is 0 Å². The largest absolute Gasteiger partial charge is 0.508 e. The van der Waals surface area contributed by atoms with Crippen molar-refractivity contribution in [2.24, 2.45) is 11.8 Å². The molecule has 1 fully saturated rings. The number of phenolic OH excluding ortho intramolecular Hbond substituents is 1. The van der Waals surface area contributed by atoms with E-state index in [9.17, 15) is 14.7 Å². The average Bonchev–Trinajstić information content (AvgIpc) is 2.72. The van der Waals surface area contributed by atoms with Crippen molar-refractivity contribution in [1.29, 1.82) is 0 Å². The molecule has 30 heavy (non-hydrogen) atoms. The molecule has 3 rings (SSSR count). The summed E-state index contributed by atoms with van der Waals surface area (Å²) in [5, 5.41) is 21.3. The normalized spacial score (nSPS) is 20.4. The van der Waals surface area contributed by atoms with Crippen molar-refractivity contribution >= 4 is 11.9 Å². The van der Waals surface area contributed by atoms with Gasteiger partial charge in [-0.1, -0.05) is 49.4 Å². The quantitative estimate of drug-likeness (QED) is 0.623. The minimum absolute atomic E-state index is 0.219. The van der Waals surface area contributed by atoms with Crippen LogP contribution in [0.3, 0.4) is 0 Å². The number of nitrogens with one attached hydrogen (secondary N) is 1. The predicted octanol–water partition coefficient (Wildman–Crippen LogP) is 2.88. The van der Waals surface area contributed by atoms with Crippen LogP contribution in [-0.2, 0) is 16.0 Å². The van der Waals surface area contributed by atoms with E-state index >= 15 is 0 Å². The van der Waals surface area contributed by atoms with E-state index < -0.39 is 5.97 Å². The molecule has 2 aromatic carbocycles. The third kappa shape index (κ3) is 6.07. The van der Waals surface area contributed by atoms with E-state index in [-0.39, 0.29) is 18.4 Å². The lowest BCUT2D eigenvalue weighted by Gasteiger charge is -2.38. The van der Waals surface area contributed by atoms with Gasteiger partial charge in [0.15, 0.2) is 0 Å². The monoisotopic (exact) mass is 410 g/mol. The molecule has 2 aromatic rings. The second-order valence-corrected chi connectivity index (χ2v) is 8.23. The second-order valence-electron chi connectivity index (χ2n) is 8.23. The Morgan fingerprint density at radius 2 is 1.93 bits per heavy atom. The highest BCUT2D eigenvalue weighted by atomic mass is 16.4. The number of aliphatic carboxylic acids is 1. The smallest absolute Gasteiger partial charge is 0.322 e. The second kappa shape index (κ2) is 10.3. The zero-order chi connectivity index (χ0) is 21.5. The number of hydrogen-bond acceptors (Lipinski definition) is 4. The fraction of sp³-hybridized carbons (Fsp3) is 0.417. The van der Waals surface area contributed by atoms with Crippen molar-refractivity contribution in [1.82, 2.24) is 10.2 Å². The number of benzene rings is 2. The van der Waals surface area contributed by atoms with Crippen LogP contribution in [0.4, 0.5) is 0 Å². The number of likely N-dealkylation sites (tertiary alicyclic amines) is 1. The maximum Gasteiger partial charge on any atom is 0.322 e. The maximum absolute atomic E-state index is 12.7. The zero-order valence-electron chi connectivity index (χ0n) is 17.3. The molecule has 1 heterocycles. The van der Waals surface area contributed by atoms with Crippen LogP contribution in [0.5, 0.6) is 5.75 Å². The highest BCUT2D eigenvalue weighted by Gasteiger charge is 2.30. The molecule has 160 valence electrons. The highest BCUT2D eigenvalue weighted by Crippen LogP contribution is 2.34. The lowest BCUT2D eigenvalue weighted by molar-refractivity contribution is -0.138. The lowest BCUT2D eigenvalue weighted by Crippen LogP contribution is -2.45. The first-order chi connectivity index (χ1) is 14.4. The third-order valence-electron chi connectivity index (χ3n) is 5.88. The maximum atomic E-state index is 12.7. The Hall–Kier alpha value is -2.86. The molecular weight excluding hydrogens is 380 g/mol. The Morgan fingerprint density at radius 1 is 1.17 bits per heavy atom. The van der Waals surface area contributed by atoms with Crippen molar-refractivity contribution in [3.05, 3.63) is 65.7 Å². The summed E-state index contributed by atoms with van der Waals surface area (Å²) >= 11 is 0. The molecule has 3 N–H and O–H groups in total. The predicted molar refractivity (Wildman–Crippen MR) is 115 cm³/mol. The fourth-order valence-corrected chi connectivity index (χ4v) is 4.41. The summed E-state index contributed by atoms with van der Waals surface area (Å²) in [6, 6.07) is 17.3. The number of hydrogen-bond donors (Lipinski definition) is 3. The lowest BCUT2D eigenvalue weighted by atomic mass is 9.81. The highest BCUT2D eigenvalue weighted by molar-refractivity contribution is 5.83. The van der Waals surface area contributed by atoms with Gasteiger partial charge < -0.3 is 20.4 Å². The number of carbonyl (C=O) groups is 2. The first kappa shape index (κ1) is 21.8. The van der Waals surface area contributed by atoms with Gasteiger partial charge in [0, 0.05) is 13.1 Å². The number of amides is 1. The minimum atomic E-state index is -1.04. The molecule has 0 spiro atoms. The summed E-state index contributed by atoms with van der Waals surface area (Å²) in [5.74, 6) is -0.510.